The summed E-state index contributed by atoms with van der Waals surface area (Å²) >= 11 is 1.25. The molecule has 0 saturated heterocycles. The molecule has 6 heteroatoms. The minimum atomic E-state index is -3.31. The Kier molecular flexibility index (Phi) is 2.02. The van der Waals surface area contributed by atoms with Crippen molar-refractivity contribution in [2.45, 2.75) is 5.03 Å². The molecular weight excluding hydrogens is 172 g/mol. The van der Waals surface area contributed by atoms with Gasteiger partial charge in [0.1, 0.15) is 0 Å². The lowest BCUT2D eigenvalue weighted by Gasteiger charge is -1.93. The predicted molar refractivity (Wildman–Crippen MR) is 38.4 cm³/mol. The average molecular weight is 178 g/mol. The summed E-state index contributed by atoms with van der Waals surface area (Å²) in [6.45, 7) is 0. The van der Waals surface area contributed by atoms with Gasteiger partial charge in [-0.15, -0.1) is 11.3 Å². The molecule has 0 saturated carbocycles. The molecule has 0 radical (unpaired) electrons. The highest BCUT2D eigenvalue weighted by Crippen LogP contribution is 2.06. The van der Waals surface area contributed by atoms with Crippen molar-refractivity contribution in [3.63, 3.8) is 0 Å². The van der Waals surface area contributed by atoms with E-state index in [0.717, 1.165) is 0 Å². The van der Waals surface area contributed by atoms with E-state index in [-0.39, 0.29) is 5.03 Å². The fourth-order valence-corrected chi connectivity index (χ4v) is 1.99. The smallest absolute Gasteiger partial charge is 0.232 e. The predicted octanol–water partition coefficient (Wildman–Crippen LogP) is 0.0512. The van der Waals surface area contributed by atoms with Crippen molar-refractivity contribution in [2.24, 2.45) is 0 Å². The maximum Gasteiger partial charge on any atom is 0.258 e. The van der Waals surface area contributed by atoms with Gasteiger partial charge in [-0.2, -0.15) is 0 Å². The zero-order valence-corrected chi connectivity index (χ0v) is 6.87. The maximum absolute atomic E-state index is 10.9. The highest BCUT2D eigenvalue weighted by Gasteiger charge is 2.11. The first-order valence-corrected chi connectivity index (χ1v) is 4.91. The van der Waals surface area contributed by atoms with Crippen molar-refractivity contribution < 1.29 is 8.42 Å². The number of sulfonamides is 1. The summed E-state index contributed by atoms with van der Waals surface area (Å²) in [5.41, 5.74) is 1.48. The molecule has 1 aromatic heterocycles. The van der Waals surface area contributed by atoms with Gasteiger partial charge in [0.25, 0.3) is 10.0 Å². The van der Waals surface area contributed by atoms with Gasteiger partial charge in [-0.25, -0.2) is 18.1 Å². The second-order valence-corrected chi connectivity index (χ2v) is 4.09. The van der Waals surface area contributed by atoms with Gasteiger partial charge in [0.05, 0.1) is 5.51 Å². The summed E-state index contributed by atoms with van der Waals surface area (Å²) in [7, 11) is -1.95. The average Bonchev–Trinajstić information content (AvgIpc) is 2.38. The number of hydrogen-bond donors (Lipinski definition) is 1. The Hall–Kier alpha value is -0.460. The minimum Gasteiger partial charge on any atom is -0.232 e. The Balaban J connectivity index is 3.09. The molecule has 1 rings (SSSR count). The van der Waals surface area contributed by atoms with Gasteiger partial charge < -0.3 is 0 Å². The number of hydrogen-bond acceptors (Lipinski definition) is 4. The van der Waals surface area contributed by atoms with E-state index in [2.05, 4.69) is 9.71 Å². The first-order valence-electron chi connectivity index (χ1n) is 2.48. The van der Waals surface area contributed by atoms with E-state index < -0.39 is 10.0 Å². The van der Waals surface area contributed by atoms with Crippen molar-refractivity contribution in [1.82, 2.24) is 9.71 Å². The molecule has 0 aliphatic rings. The van der Waals surface area contributed by atoms with E-state index >= 15 is 0 Å². The van der Waals surface area contributed by atoms with Crippen LogP contribution in [0, 0.1) is 0 Å². The molecule has 0 bridgehead atoms. The van der Waals surface area contributed by atoms with Crippen LogP contribution in [0.4, 0.5) is 0 Å². The fraction of sp³-hybridized carbons (Fsp3) is 0.250. The maximum atomic E-state index is 10.9. The van der Waals surface area contributed by atoms with Gasteiger partial charge in [-0.1, -0.05) is 0 Å². The molecule has 0 fully saturated rings. The van der Waals surface area contributed by atoms with Crippen LogP contribution < -0.4 is 4.72 Å². The van der Waals surface area contributed by atoms with Crippen LogP contribution in [0.15, 0.2) is 15.9 Å². The van der Waals surface area contributed by atoms with Gasteiger partial charge in [0.15, 0.2) is 5.03 Å². The van der Waals surface area contributed by atoms with Crippen molar-refractivity contribution >= 4 is 21.4 Å². The highest BCUT2D eigenvalue weighted by atomic mass is 32.2. The Labute approximate surface area is 63.0 Å². The normalized spacial score (nSPS) is 11.7. The van der Waals surface area contributed by atoms with E-state index in [9.17, 15) is 8.42 Å². The number of aromatic nitrogens is 1. The molecule has 0 aliphatic heterocycles. The fourth-order valence-electron chi connectivity index (χ4n) is 0.439. The Morgan fingerprint density at radius 2 is 2.40 bits per heavy atom. The van der Waals surface area contributed by atoms with Crippen LogP contribution in [0.5, 0.6) is 0 Å². The van der Waals surface area contributed by atoms with Crippen LogP contribution in [-0.2, 0) is 10.0 Å². The van der Waals surface area contributed by atoms with Crippen LogP contribution in [0.3, 0.4) is 0 Å². The van der Waals surface area contributed by atoms with E-state index in [1.54, 1.807) is 0 Å². The Morgan fingerprint density at radius 1 is 1.70 bits per heavy atom. The number of nitrogens with one attached hydrogen (secondary N) is 1. The van der Waals surface area contributed by atoms with E-state index in [1.807, 2.05) is 0 Å². The highest BCUT2D eigenvalue weighted by molar-refractivity contribution is 7.89. The quantitative estimate of drug-likeness (QED) is 0.696. The lowest BCUT2D eigenvalue weighted by Crippen LogP contribution is -2.18. The topological polar surface area (TPSA) is 59.1 Å². The first kappa shape index (κ1) is 7.64. The summed E-state index contributed by atoms with van der Waals surface area (Å²) in [5.74, 6) is 0. The summed E-state index contributed by atoms with van der Waals surface area (Å²) in [6.07, 6.45) is 0. The van der Waals surface area contributed by atoms with Crippen molar-refractivity contribution in [1.29, 1.82) is 0 Å². The largest absolute Gasteiger partial charge is 0.258 e. The van der Waals surface area contributed by atoms with Crippen molar-refractivity contribution in [2.75, 3.05) is 7.05 Å². The standard InChI is InChI=1S/C4H6N2O2S2/c1-5-10(7,8)4-2-9-3-6-4/h2-3,5H,1H3. The van der Waals surface area contributed by atoms with Crippen LogP contribution in [0.1, 0.15) is 0 Å². The Bertz CT molecular complexity index is 289. The SMILES string of the molecule is CNS(=O)(=O)c1cscn1. The summed E-state index contributed by atoms with van der Waals surface area (Å²) in [4.78, 5) is 3.63. The van der Waals surface area contributed by atoms with Crippen LogP contribution in [0.25, 0.3) is 0 Å². The first-order chi connectivity index (χ1) is 4.67. The number of nitrogens with zero attached hydrogens (tertiary/aromatic N) is 1. The third kappa shape index (κ3) is 1.34. The second kappa shape index (κ2) is 2.65. The van der Waals surface area contributed by atoms with Gasteiger partial charge in [-0.05, 0) is 7.05 Å². The summed E-state index contributed by atoms with van der Waals surface area (Å²) < 4.78 is 24.0. The van der Waals surface area contributed by atoms with Gasteiger partial charge in [-0.3, -0.25) is 0 Å². The molecule has 0 aromatic carbocycles. The molecule has 0 spiro atoms. The zero-order chi connectivity index (χ0) is 7.61. The molecule has 10 heavy (non-hydrogen) atoms. The molecular formula is C4H6N2O2S2. The molecule has 4 nitrogen and oxygen atoms in total. The minimum absolute atomic E-state index is 0.0833. The Morgan fingerprint density at radius 3 is 2.80 bits per heavy atom. The molecule has 0 amide bonds. The molecule has 1 aromatic rings. The third-order valence-corrected chi connectivity index (χ3v) is 3.00. The van der Waals surface area contributed by atoms with Crippen LogP contribution in [-0.4, -0.2) is 20.4 Å². The molecule has 1 N–H and O–H groups in total. The lowest BCUT2D eigenvalue weighted by atomic mass is 11.0. The van der Waals surface area contributed by atoms with Gasteiger partial charge >= 0.3 is 0 Å². The zero-order valence-electron chi connectivity index (χ0n) is 5.23. The monoisotopic (exact) mass is 178 g/mol. The molecule has 0 atom stereocenters. The number of rotatable bonds is 2. The van der Waals surface area contributed by atoms with Crippen LogP contribution in [0.2, 0.25) is 0 Å². The second-order valence-electron chi connectivity index (χ2n) is 1.53. The van der Waals surface area contributed by atoms with Gasteiger partial charge in [0.2, 0.25) is 0 Å². The molecule has 1 heterocycles. The third-order valence-electron chi connectivity index (χ3n) is 0.954. The summed E-state index contributed by atoms with van der Waals surface area (Å²) in [5, 5.41) is 1.56. The van der Waals surface area contributed by atoms with Gasteiger partial charge in [0, 0.05) is 5.38 Å². The van der Waals surface area contributed by atoms with Crippen molar-refractivity contribution in [3.05, 3.63) is 10.9 Å². The van der Waals surface area contributed by atoms with Crippen molar-refractivity contribution in [3.8, 4) is 0 Å². The van der Waals surface area contributed by atoms with E-state index in [1.165, 1.54) is 29.3 Å². The van der Waals surface area contributed by atoms with E-state index in [4.69, 9.17) is 0 Å². The lowest BCUT2D eigenvalue weighted by molar-refractivity contribution is 0.585. The number of thiazole rings is 1. The van der Waals surface area contributed by atoms with Crippen LogP contribution >= 0.6 is 11.3 Å². The summed E-state index contributed by atoms with van der Waals surface area (Å²) in [6, 6.07) is 0. The molecule has 0 unspecified atom stereocenters. The van der Waals surface area contributed by atoms with E-state index in [0.29, 0.717) is 0 Å². The molecule has 0 aliphatic carbocycles. The molecule has 56 valence electrons.